The second-order valence-electron chi connectivity index (χ2n) is 6.92. The van der Waals surface area contributed by atoms with Crippen LogP contribution >= 0.6 is 0 Å². The van der Waals surface area contributed by atoms with Gasteiger partial charge in [0.25, 0.3) is 0 Å². The van der Waals surface area contributed by atoms with Crippen molar-refractivity contribution < 1.29 is 14.3 Å². The average Bonchev–Trinajstić information content (AvgIpc) is 2.58. The van der Waals surface area contributed by atoms with Crippen LogP contribution in [-0.4, -0.2) is 53.8 Å². The third kappa shape index (κ3) is 7.04. The van der Waals surface area contributed by atoms with E-state index in [-0.39, 0.29) is 5.97 Å². The molecule has 138 valence electrons. The molecule has 0 unspecified atom stereocenters. The third-order valence-electron chi connectivity index (χ3n) is 3.46. The summed E-state index contributed by atoms with van der Waals surface area (Å²) < 4.78 is 10.6. The number of aromatic nitrogens is 2. The van der Waals surface area contributed by atoms with Crippen LogP contribution in [0, 0.1) is 0 Å². The lowest BCUT2D eigenvalue weighted by Gasteiger charge is -2.27. The molecule has 0 radical (unpaired) electrons. The maximum Gasteiger partial charge on any atom is 0.306 e. The molecule has 0 bridgehead atoms. The molecule has 1 N–H and O–H groups in total. The summed E-state index contributed by atoms with van der Waals surface area (Å²) in [5, 5.41) is 12.6. The van der Waals surface area contributed by atoms with Gasteiger partial charge in [0.15, 0.2) is 11.6 Å². The molecule has 25 heavy (non-hydrogen) atoms. The van der Waals surface area contributed by atoms with Crippen molar-refractivity contribution in [3.63, 3.8) is 0 Å². The van der Waals surface area contributed by atoms with E-state index in [1.54, 1.807) is 0 Å². The fourth-order valence-electron chi connectivity index (χ4n) is 2.23. The Hall–Kier alpha value is -2.22. The summed E-state index contributed by atoms with van der Waals surface area (Å²) in [5.74, 6) is 1.17. The summed E-state index contributed by atoms with van der Waals surface area (Å²) in [5.41, 5.74) is 3.20. The van der Waals surface area contributed by atoms with Gasteiger partial charge in [-0.25, -0.2) is 0 Å². The summed E-state index contributed by atoms with van der Waals surface area (Å²) >= 11 is 0. The van der Waals surface area contributed by atoms with Gasteiger partial charge >= 0.3 is 5.97 Å². The number of rotatable bonds is 6. The van der Waals surface area contributed by atoms with Gasteiger partial charge in [-0.05, 0) is 46.2 Å². The quantitative estimate of drug-likeness (QED) is 0.478. The van der Waals surface area contributed by atoms with Crippen molar-refractivity contribution >= 4 is 23.3 Å². The molecule has 1 aromatic rings. The van der Waals surface area contributed by atoms with Crippen LogP contribution in [0.15, 0.2) is 17.2 Å². The smallest absolute Gasteiger partial charge is 0.306 e. The van der Waals surface area contributed by atoms with Crippen molar-refractivity contribution in [3.05, 3.63) is 12.1 Å². The minimum atomic E-state index is -0.460. The summed E-state index contributed by atoms with van der Waals surface area (Å²) in [6.45, 7) is 10.5. The molecule has 1 fully saturated rings. The fraction of sp³-hybridized carbons (Fsp3) is 0.647. The number of esters is 1. The van der Waals surface area contributed by atoms with Crippen LogP contribution in [0.25, 0.3) is 0 Å². The molecule has 0 saturated carbocycles. The molecule has 8 heteroatoms. The molecule has 0 aliphatic carbocycles. The Morgan fingerprint density at radius 3 is 2.60 bits per heavy atom. The van der Waals surface area contributed by atoms with E-state index < -0.39 is 5.60 Å². The Morgan fingerprint density at radius 1 is 1.28 bits per heavy atom. The minimum Gasteiger partial charge on any atom is -0.460 e. The van der Waals surface area contributed by atoms with E-state index in [2.05, 4.69) is 25.6 Å². The number of nitrogens with zero attached hydrogens (tertiary/aromatic N) is 4. The zero-order valence-electron chi connectivity index (χ0n) is 15.4. The highest BCUT2D eigenvalue weighted by molar-refractivity contribution is 5.86. The highest BCUT2D eigenvalue weighted by Crippen LogP contribution is 2.13. The summed E-state index contributed by atoms with van der Waals surface area (Å²) in [6, 6.07) is 3.74. The van der Waals surface area contributed by atoms with Crippen molar-refractivity contribution in [1.29, 1.82) is 0 Å². The number of carbonyl (C=O) groups excluding carboxylic acids is 1. The standard InChI is InChI=1S/C17H27N5O3/c1-13(5-8-16(23)25-17(2,3)4)18-19-14-6-7-15(21-20-14)22-9-11-24-12-10-22/h6-7H,5,8-12H2,1-4H3,(H,19,20)/b18-13+. The van der Waals surface area contributed by atoms with Crippen molar-refractivity contribution in [2.45, 2.75) is 46.1 Å². The summed E-state index contributed by atoms with van der Waals surface area (Å²) in [4.78, 5) is 13.8. The van der Waals surface area contributed by atoms with Crippen molar-refractivity contribution in [2.75, 3.05) is 36.6 Å². The first kappa shape index (κ1) is 19.1. The lowest BCUT2D eigenvalue weighted by atomic mass is 10.2. The van der Waals surface area contributed by atoms with Crippen LogP contribution in [0.3, 0.4) is 0 Å². The second-order valence-corrected chi connectivity index (χ2v) is 6.92. The van der Waals surface area contributed by atoms with E-state index in [0.717, 1.165) is 24.6 Å². The summed E-state index contributed by atoms with van der Waals surface area (Å²) in [7, 11) is 0. The molecule has 1 aliphatic rings. The second kappa shape index (κ2) is 8.75. The maximum absolute atomic E-state index is 11.7. The number of anilines is 2. The van der Waals surface area contributed by atoms with E-state index >= 15 is 0 Å². The van der Waals surface area contributed by atoms with Gasteiger partial charge in [0.05, 0.1) is 19.6 Å². The van der Waals surface area contributed by atoms with Gasteiger partial charge in [-0.2, -0.15) is 5.10 Å². The number of carbonyl (C=O) groups is 1. The predicted octanol–water partition coefficient (Wildman–Crippen LogP) is 2.22. The maximum atomic E-state index is 11.7. The molecule has 0 amide bonds. The average molecular weight is 349 g/mol. The van der Waals surface area contributed by atoms with Gasteiger partial charge in [0.1, 0.15) is 5.60 Å². The Labute approximate surface area is 148 Å². The number of ether oxygens (including phenoxy) is 2. The van der Waals surface area contributed by atoms with Crippen LogP contribution in [-0.2, 0) is 14.3 Å². The molecule has 8 nitrogen and oxygen atoms in total. The van der Waals surface area contributed by atoms with E-state index in [1.165, 1.54) is 0 Å². The van der Waals surface area contributed by atoms with E-state index in [1.807, 2.05) is 39.8 Å². The van der Waals surface area contributed by atoms with E-state index in [0.29, 0.717) is 31.9 Å². The molecular formula is C17H27N5O3. The normalized spacial score (nSPS) is 15.8. The first-order valence-corrected chi connectivity index (χ1v) is 8.51. The molecule has 2 rings (SSSR count). The topological polar surface area (TPSA) is 88.9 Å². The zero-order chi connectivity index (χ0) is 18.3. The Morgan fingerprint density at radius 2 is 2.00 bits per heavy atom. The third-order valence-corrected chi connectivity index (χ3v) is 3.46. The number of morpholine rings is 1. The van der Waals surface area contributed by atoms with Crippen LogP contribution in [0.1, 0.15) is 40.5 Å². The van der Waals surface area contributed by atoms with Gasteiger partial charge in [0, 0.05) is 18.8 Å². The van der Waals surface area contributed by atoms with Crippen LogP contribution < -0.4 is 10.3 Å². The number of hydrogen-bond donors (Lipinski definition) is 1. The molecule has 1 aliphatic heterocycles. The van der Waals surface area contributed by atoms with Crippen molar-refractivity contribution in [3.8, 4) is 0 Å². The van der Waals surface area contributed by atoms with Gasteiger partial charge in [-0.3, -0.25) is 10.2 Å². The Balaban J connectivity index is 1.79. The molecule has 0 spiro atoms. The van der Waals surface area contributed by atoms with Crippen LogP contribution in [0.5, 0.6) is 0 Å². The monoisotopic (exact) mass is 349 g/mol. The number of hydrogen-bond acceptors (Lipinski definition) is 8. The largest absolute Gasteiger partial charge is 0.460 e. The van der Waals surface area contributed by atoms with Gasteiger partial charge in [-0.1, -0.05) is 0 Å². The lowest BCUT2D eigenvalue weighted by Crippen LogP contribution is -2.36. The van der Waals surface area contributed by atoms with Gasteiger partial charge < -0.3 is 14.4 Å². The molecule has 0 aromatic carbocycles. The highest BCUT2D eigenvalue weighted by Gasteiger charge is 2.16. The zero-order valence-corrected chi connectivity index (χ0v) is 15.4. The number of nitrogens with one attached hydrogen (secondary N) is 1. The Bertz CT molecular complexity index is 589. The molecule has 0 atom stereocenters. The molecule has 1 saturated heterocycles. The lowest BCUT2D eigenvalue weighted by molar-refractivity contribution is -0.154. The van der Waals surface area contributed by atoms with E-state index in [4.69, 9.17) is 9.47 Å². The first-order valence-electron chi connectivity index (χ1n) is 8.51. The molecule has 2 heterocycles. The van der Waals surface area contributed by atoms with Crippen LogP contribution in [0.2, 0.25) is 0 Å². The molecular weight excluding hydrogens is 322 g/mol. The predicted molar refractivity (Wildman–Crippen MR) is 96.9 cm³/mol. The SMILES string of the molecule is C/C(CCC(=O)OC(C)(C)C)=N\Nc1ccc(N2CCOCC2)nn1. The molecule has 1 aromatic heterocycles. The van der Waals surface area contributed by atoms with Crippen molar-refractivity contribution in [2.24, 2.45) is 5.10 Å². The highest BCUT2D eigenvalue weighted by atomic mass is 16.6. The van der Waals surface area contributed by atoms with Gasteiger partial charge in [0.2, 0.25) is 0 Å². The first-order chi connectivity index (χ1) is 11.8. The minimum absolute atomic E-state index is 0.225. The van der Waals surface area contributed by atoms with E-state index in [9.17, 15) is 4.79 Å². The number of hydrazone groups is 1. The van der Waals surface area contributed by atoms with Crippen LogP contribution in [0.4, 0.5) is 11.6 Å². The Kier molecular flexibility index (Phi) is 6.69. The summed E-state index contributed by atoms with van der Waals surface area (Å²) in [6.07, 6.45) is 0.830. The fourth-order valence-corrected chi connectivity index (χ4v) is 2.23. The van der Waals surface area contributed by atoms with Gasteiger partial charge in [-0.15, -0.1) is 10.2 Å². The van der Waals surface area contributed by atoms with Crippen molar-refractivity contribution in [1.82, 2.24) is 10.2 Å².